The Labute approximate surface area is 110 Å². The van der Waals surface area contributed by atoms with Crippen LogP contribution < -0.4 is 0 Å². The quantitative estimate of drug-likeness (QED) is 0.857. The molecule has 1 amide bonds. The van der Waals surface area contributed by atoms with Gasteiger partial charge in [0.15, 0.2) is 11.5 Å². The second-order valence-corrected chi connectivity index (χ2v) is 4.55. The van der Waals surface area contributed by atoms with Gasteiger partial charge in [-0.1, -0.05) is 29.8 Å². The molecule has 0 fully saturated rings. The molecule has 2 rings (SSSR count). The monoisotopic (exact) mass is 261 g/mol. The summed E-state index contributed by atoms with van der Waals surface area (Å²) in [5.74, 6) is -1.68. The number of hydrogen-bond donors (Lipinski definition) is 2. The number of carbonyl (C=O) groups is 2. The maximum atomic E-state index is 11.8. The fourth-order valence-corrected chi connectivity index (χ4v) is 2.25. The molecule has 0 aliphatic carbocycles. The lowest BCUT2D eigenvalue weighted by Gasteiger charge is -2.24. The van der Waals surface area contributed by atoms with Crippen LogP contribution in [0.2, 0.25) is 0 Å². The lowest BCUT2D eigenvalue weighted by atomic mass is 9.96. The van der Waals surface area contributed by atoms with Gasteiger partial charge in [0.05, 0.1) is 11.6 Å². The van der Waals surface area contributed by atoms with Crippen molar-refractivity contribution >= 4 is 11.7 Å². The molecule has 1 aliphatic rings. The summed E-state index contributed by atoms with van der Waals surface area (Å²) in [5, 5.41) is 19.1. The van der Waals surface area contributed by atoms with E-state index in [2.05, 4.69) is 0 Å². The molecular formula is C14H15NO4. The maximum absolute atomic E-state index is 11.8. The third kappa shape index (κ3) is 2.13. The molecular weight excluding hydrogens is 246 g/mol. The first-order valence-electron chi connectivity index (χ1n) is 5.89. The number of amides is 1. The van der Waals surface area contributed by atoms with Gasteiger partial charge >= 0.3 is 0 Å². The van der Waals surface area contributed by atoms with E-state index in [1.54, 1.807) is 12.1 Å². The van der Waals surface area contributed by atoms with Crippen LogP contribution in [0.4, 0.5) is 0 Å². The molecule has 0 radical (unpaired) electrons. The maximum Gasteiger partial charge on any atom is 0.291 e. The van der Waals surface area contributed by atoms with Crippen molar-refractivity contribution in [3.63, 3.8) is 0 Å². The SMILES string of the molecule is CC(=O)C1=C(O)C(=O)N(CO)[C@@H]1c1ccc(C)cc1. The summed E-state index contributed by atoms with van der Waals surface area (Å²) in [7, 11) is 0. The zero-order valence-corrected chi connectivity index (χ0v) is 10.8. The average Bonchev–Trinajstić information content (AvgIpc) is 2.63. The zero-order chi connectivity index (χ0) is 14.2. The molecule has 0 unspecified atom stereocenters. The number of aryl methyl sites for hydroxylation is 1. The van der Waals surface area contributed by atoms with Crippen molar-refractivity contribution in [1.29, 1.82) is 0 Å². The fourth-order valence-electron chi connectivity index (χ4n) is 2.25. The molecule has 0 saturated carbocycles. The van der Waals surface area contributed by atoms with Crippen molar-refractivity contribution in [2.45, 2.75) is 19.9 Å². The lowest BCUT2D eigenvalue weighted by Crippen LogP contribution is -2.31. The van der Waals surface area contributed by atoms with Crippen LogP contribution in [-0.4, -0.2) is 33.5 Å². The first-order valence-corrected chi connectivity index (χ1v) is 5.89. The first kappa shape index (κ1) is 13.3. The van der Waals surface area contributed by atoms with Crippen LogP contribution in [0.15, 0.2) is 35.6 Å². The van der Waals surface area contributed by atoms with Crippen LogP contribution in [0.25, 0.3) is 0 Å². The van der Waals surface area contributed by atoms with Crippen LogP contribution >= 0.6 is 0 Å². The Hall–Kier alpha value is -2.14. The third-order valence-corrected chi connectivity index (χ3v) is 3.23. The van der Waals surface area contributed by atoms with Crippen molar-refractivity contribution in [1.82, 2.24) is 4.90 Å². The molecule has 1 aromatic rings. The first-order chi connectivity index (χ1) is 8.97. The Morgan fingerprint density at radius 2 is 1.89 bits per heavy atom. The van der Waals surface area contributed by atoms with E-state index in [-0.39, 0.29) is 11.4 Å². The molecule has 2 N–H and O–H groups in total. The van der Waals surface area contributed by atoms with E-state index in [0.29, 0.717) is 5.56 Å². The molecule has 0 bridgehead atoms. The molecule has 0 aromatic heterocycles. The molecule has 0 spiro atoms. The summed E-state index contributed by atoms with van der Waals surface area (Å²) in [5.41, 5.74) is 1.76. The van der Waals surface area contributed by atoms with Gasteiger partial charge in [0.2, 0.25) is 0 Å². The molecule has 1 atom stereocenters. The van der Waals surface area contributed by atoms with E-state index in [1.807, 2.05) is 19.1 Å². The molecule has 1 heterocycles. The van der Waals surface area contributed by atoms with Gasteiger partial charge in [-0.25, -0.2) is 0 Å². The largest absolute Gasteiger partial charge is 0.503 e. The Bertz CT molecular complexity index is 559. The Morgan fingerprint density at radius 3 is 2.37 bits per heavy atom. The number of benzene rings is 1. The highest BCUT2D eigenvalue weighted by atomic mass is 16.3. The smallest absolute Gasteiger partial charge is 0.291 e. The van der Waals surface area contributed by atoms with Crippen molar-refractivity contribution in [3.05, 3.63) is 46.7 Å². The van der Waals surface area contributed by atoms with E-state index < -0.39 is 24.4 Å². The second-order valence-electron chi connectivity index (χ2n) is 4.55. The van der Waals surface area contributed by atoms with Crippen molar-refractivity contribution in [2.24, 2.45) is 0 Å². The molecule has 100 valence electrons. The minimum absolute atomic E-state index is 0.0305. The van der Waals surface area contributed by atoms with Crippen LogP contribution in [0.5, 0.6) is 0 Å². The van der Waals surface area contributed by atoms with Gasteiger partial charge in [-0.05, 0) is 19.4 Å². The number of rotatable bonds is 3. The molecule has 5 nitrogen and oxygen atoms in total. The van der Waals surface area contributed by atoms with Crippen LogP contribution in [0.1, 0.15) is 24.1 Å². The molecule has 1 aromatic carbocycles. The number of aliphatic hydroxyl groups excluding tert-OH is 2. The molecule has 0 saturated heterocycles. The molecule has 1 aliphatic heterocycles. The van der Waals surface area contributed by atoms with Gasteiger partial charge < -0.3 is 15.1 Å². The highest BCUT2D eigenvalue weighted by Gasteiger charge is 2.41. The Morgan fingerprint density at radius 1 is 1.32 bits per heavy atom. The average molecular weight is 261 g/mol. The normalized spacial score (nSPS) is 19.2. The number of Topliss-reactive ketones (excluding diaryl/α,β-unsaturated/α-hetero) is 1. The number of aliphatic hydroxyl groups is 2. The summed E-state index contributed by atoms with van der Waals surface area (Å²) >= 11 is 0. The zero-order valence-electron chi connectivity index (χ0n) is 10.8. The van der Waals surface area contributed by atoms with Gasteiger partial charge in [0, 0.05) is 0 Å². The minimum atomic E-state index is -0.726. The highest BCUT2D eigenvalue weighted by Crippen LogP contribution is 2.37. The lowest BCUT2D eigenvalue weighted by molar-refractivity contribution is -0.133. The van der Waals surface area contributed by atoms with Gasteiger partial charge in [-0.3, -0.25) is 9.59 Å². The van der Waals surface area contributed by atoms with Crippen LogP contribution in [0, 0.1) is 6.92 Å². The topological polar surface area (TPSA) is 77.8 Å². The van der Waals surface area contributed by atoms with E-state index in [1.165, 1.54) is 6.92 Å². The van der Waals surface area contributed by atoms with Gasteiger partial charge in [-0.15, -0.1) is 0 Å². The summed E-state index contributed by atoms with van der Waals surface area (Å²) in [4.78, 5) is 24.5. The number of carbonyl (C=O) groups excluding carboxylic acids is 2. The molecule has 5 heteroatoms. The Kier molecular flexibility index (Phi) is 3.40. The van der Waals surface area contributed by atoms with Crippen LogP contribution in [-0.2, 0) is 9.59 Å². The Balaban J connectivity index is 2.54. The standard InChI is InChI=1S/C14H15NO4/c1-8-3-5-10(6-4-8)12-11(9(2)17)13(18)14(19)15(12)7-16/h3-6,12,16,18H,7H2,1-2H3/t12-/m1/s1. The van der Waals surface area contributed by atoms with E-state index in [4.69, 9.17) is 0 Å². The number of nitrogens with zero attached hydrogens (tertiary/aromatic N) is 1. The van der Waals surface area contributed by atoms with Crippen molar-refractivity contribution < 1.29 is 19.8 Å². The fraction of sp³-hybridized carbons (Fsp3) is 0.286. The van der Waals surface area contributed by atoms with Crippen molar-refractivity contribution in [3.8, 4) is 0 Å². The predicted octanol–water partition coefficient (Wildman–Crippen LogP) is 1.23. The van der Waals surface area contributed by atoms with Gasteiger partial charge in [-0.2, -0.15) is 0 Å². The van der Waals surface area contributed by atoms with E-state index in [0.717, 1.165) is 10.5 Å². The predicted molar refractivity (Wildman–Crippen MR) is 68.2 cm³/mol. The minimum Gasteiger partial charge on any atom is -0.503 e. The van der Waals surface area contributed by atoms with Crippen LogP contribution in [0.3, 0.4) is 0 Å². The van der Waals surface area contributed by atoms with E-state index >= 15 is 0 Å². The second kappa shape index (κ2) is 4.85. The van der Waals surface area contributed by atoms with Gasteiger partial charge in [0.25, 0.3) is 5.91 Å². The highest BCUT2D eigenvalue weighted by molar-refractivity contribution is 6.08. The number of hydrogen-bond acceptors (Lipinski definition) is 4. The van der Waals surface area contributed by atoms with E-state index in [9.17, 15) is 19.8 Å². The van der Waals surface area contributed by atoms with Crippen molar-refractivity contribution in [2.75, 3.05) is 6.73 Å². The van der Waals surface area contributed by atoms with Gasteiger partial charge in [0.1, 0.15) is 6.73 Å². The summed E-state index contributed by atoms with van der Waals surface area (Å²) in [6.07, 6.45) is 0. The summed E-state index contributed by atoms with van der Waals surface area (Å²) in [6.45, 7) is 2.66. The summed E-state index contributed by atoms with van der Waals surface area (Å²) in [6, 6.07) is 6.52. The number of ketones is 1. The third-order valence-electron chi connectivity index (χ3n) is 3.23. The summed E-state index contributed by atoms with van der Waals surface area (Å²) < 4.78 is 0. The molecule has 19 heavy (non-hydrogen) atoms.